The van der Waals surface area contributed by atoms with Gasteiger partial charge in [0.15, 0.2) is 17.0 Å². The maximum absolute atomic E-state index is 9.83. The number of aliphatic hydroxyl groups excluding tert-OH is 1. The third-order valence-corrected chi connectivity index (χ3v) is 5.37. The lowest BCUT2D eigenvalue weighted by atomic mass is 9.95. The monoisotopic (exact) mass is 416 g/mol. The average molecular weight is 417 g/mol. The van der Waals surface area contributed by atoms with Crippen molar-refractivity contribution < 1.29 is 9.84 Å². The van der Waals surface area contributed by atoms with Crippen molar-refractivity contribution in [3.8, 4) is 0 Å². The first-order valence-corrected chi connectivity index (χ1v) is 10.1. The summed E-state index contributed by atoms with van der Waals surface area (Å²) in [5.41, 5.74) is 1.95. The standard InChI is InChI=1S/C20H25ClN6O2/c1-20(2,3)19-22-17(26-8-9-29-12-14(26)11-28)16-18(23-19)27(25-24-16)10-13-6-4-5-7-15(13)21/h4-7,14,28H,8-12H2,1-3H3. The molecular weight excluding hydrogens is 392 g/mol. The Balaban J connectivity index is 1.85. The normalized spacial score (nSPS) is 17.8. The summed E-state index contributed by atoms with van der Waals surface area (Å²) in [4.78, 5) is 11.7. The number of morpholine rings is 1. The number of benzene rings is 1. The van der Waals surface area contributed by atoms with Crippen molar-refractivity contribution in [2.75, 3.05) is 31.3 Å². The molecule has 1 saturated heterocycles. The van der Waals surface area contributed by atoms with Gasteiger partial charge in [-0.05, 0) is 11.6 Å². The van der Waals surface area contributed by atoms with Gasteiger partial charge in [0, 0.05) is 17.0 Å². The number of nitrogens with zero attached hydrogens (tertiary/aromatic N) is 6. The molecule has 2 aromatic heterocycles. The van der Waals surface area contributed by atoms with E-state index in [-0.39, 0.29) is 18.1 Å². The molecule has 0 bridgehead atoms. The van der Waals surface area contributed by atoms with Gasteiger partial charge in [-0.2, -0.15) is 0 Å². The zero-order chi connectivity index (χ0) is 20.6. The highest BCUT2D eigenvalue weighted by Gasteiger charge is 2.30. The number of halogens is 1. The summed E-state index contributed by atoms with van der Waals surface area (Å²) in [7, 11) is 0. The molecule has 0 amide bonds. The zero-order valence-electron chi connectivity index (χ0n) is 16.8. The van der Waals surface area contributed by atoms with Gasteiger partial charge in [-0.15, -0.1) is 5.10 Å². The van der Waals surface area contributed by atoms with Gasteiger partial charge in [-0.3, -0.25) is 0 Å². The third-order valence-electron chi connectivity index (χ3n) is 5.00. The van der Waals surface area contributed by atoms with E-state index in [2.05, 4.69) is 36.0 Å². The second-order valence-corrected chi connectivity index (χ2v) is 8.64. The molecule has 29 heavy (non-hydrogen) atoms. The van der Waals surface area contributed by atoms with Crippen LogP contribution >= 0.6 is 11.6 Å². The molecule has 0 radical (unpaired) electrons. The molecule has 9 heteroatoms. The Labute approximate surface area is 174 Å². The first kappa shape index (κ1) is 20.0. The second-order valence-electron chi connectivity index (χ2n) is 8.24. The van der Waals surface area contributed by atoms with Gasteiger partial charge in [-0.1, -0.05) is 55.8 Å². The van der Waals surface area contributed by atoms with Crippen LogP contribution in [0.1, 0.15) is 32.2 Å². The largest absolute Gasteiger partial charge is 0.394 e. The predicted octanol–water partition coefficient (Wildman–Crippen LogP) is 2.42. The fraction of sp³-hybridized carbons (Fsp3) is 0.500. The molecule has 8 nitrogen and oxygen atoms in total. The van der Waals surface area contributed by atoms with Crippen LogP contribution in [0, 0.1) is 0 Å². The molecule has 0 saturated carbocycles. The van der Waals surface area contributed by atoms with Crippen LogP contribution in [0.25, 0.3) is 11.2 Å². The molecule has 0 spiro atoms. The van der Waals surface area contributed by atoms with Crippen LogP contribution in [-0.4, -0.2) is 62.5 Å². The fourth-order valence-electron chi connectivity index (χ4n) is 3.36. The van der Waals surface area contributed by atoms with E-state index < -0.39 is 0 Å². The summed E-state index contributed by atoms with van der Waals surface area (Å²) in [6.07, 6.45) is 0. The lowest BCUT2D eigenvalue weighted by Crippen LogP contribution is -2.48. The molecule has 1 atom stereocenters. The van der Waals surface area contributed by atoms with E-state index in [9.17, 15) is 5.11 Å². The number of hydrogen-bond donors (Lipinski definition) is 1. The molecular formula is C20H25ClN6O2. The van der Waals surface area contributed by atoms with Gasteiger partial charge >= 0.3 is 0 Å². The minimum absolute atomic E-state index is 0.0237. The average Bonchev–Trinajstić information content (AvgIpc) is 3.11. The van der Waals surface area contributed by atoms with Gasteiger partial charge < -0.3 is 14.7 Å². The number of hydrogen-bond acceptors (Lipinski definition) is 7. The predicted molar refractivity (Wildman–Crippen MR) is 111 cm³/mol. The zero-order valence-corrected chi connectivity index (χ0v) is 17.6. The summed E-state index contributed by atoms with van der Waals surface area (Å²) in [6.45, 7) is 8.29. The van der Waals surface area contributed by atoms with Crippen molar-refractivity contribution in [2.45, 2.75) is 38.8 Å². The molecule has 4 rings (SSSR count). The van der Waals surface area contributed by atoms with Crippen molar-refractivity contribution in [1.82, 2.24) is 25.0 Å². The van der Waals surface area contributed by atoms with E-state index in [0.29, 0.717) is 54.1 Å². The number of anilines is 1. The van der Waals surface area contributed by atoms with Crippen LogP contribution in [0.3, 0.4) is 0 Å². The highest BCUT2D eigenvalue weighted by Crippen LogP contribution is 2.29. The molecule has 1 unspecified atom stereocenters. The number of fused-ring (bicyclic) bond motifs is 1. The molecule has 1 aromatic carbocycles. The fourth-order valence-corrected chi connectivity index (χ4v) is 3.55. The van der Waals surface area contributed by atoms with Gasteiger partial charge in [0.25, 0.3) is 0 Å². The van der Waals surface area contributed by atoms with E-state index in [1.807, 2.05) is 24.3 Å². The number of aromatic nitrogens is 5. The molecule has 3 heterocycles. The molecule has 1 N–H and O–H groups in total. The van der Waals surface area contributed by atoms with Crippen LogP contribution in [-0.2, 0) is 16.7 Å². The van der Waals surface area contributed by atoms with Gasteiger partial charge in [-0.25, -0.2) is 14.6 Å². The summed E-state index contributed by atoms with van der Waals surface area (Å²) >= 11 is 6.34. The highest BCUT2D eigenvalue weighted by atomic mass is 35.5. The van der Waals surface area contributed by atoms with E-state index in [4.69, 9.17) is 26.3 Å². The smallest absolute Gasteiger partial charge is 0.184 e. The molecule has 1 aliphatic rings. The Kier molecular flexibility index (Phi) is 5.42. The minimum atomic E-state index is -0.260. The van der Waals surface area contributed by atoms with Crippen LogP contribution in [0.5, 0.6) is 0 Å². The van der Waals surface area contributed by atoms with Crippen LogP contribution in [0.2, 0.25) is 5.02 Å². The first-order valence-electron chi connectivity index (χ1n) is 9.69. The lowest BCUT2D eigenvalue weighted by Gasteiger charge is -2.35. The summed E-state index contributed by atoms with van der Waals surface area (Å²) in [6, 6.07) is 7.49. The van der Waals surface area contributed by atoms with Crippen molar-refractivity contribution in [3.63, 3.8) is 0 Å². The molecule has 1 fully saturated rings. The van der Waals surface area contributed by atoms with Crippen molar-refractivity contribution in [2.24, 2.45) is 0 Å². The van der Waals surface area contributed by atoms with E-state index in [1.54, 1.807) is 4.68 Å². The first-order chi connectivity index (χ1) is 13.9. The molecule has 1 aliphatic heterocycles. The minimum Gasteiger partial charge on any atom is -0.394 e. The van der Waals surface area contributed by atoms with Gasteiger partial charge in [0.1, 0.15) is 5.82 Å². The summed E-state index contributed by atoms with van der Waals surface area (Å²) in [5, 5.41) is 19.2. The maximum Gasteiger partial charge on any atom is 0.184 e. The Bertz CT molecular complexity index is 1020. The Hall–Kier alpha value is -2.29. The topological polar surface area (TPSA) is 89.2 Å². The van der Waals surface area contributed by atoms with E-state index in [0.717, 1.165) is 5.56 Å². The van der Waals surface area contributed by atoms with Crippen molar-refractivity contribution >= 4 is 28.6 Å². The lowest BCUT2D eigenvalue weighted by molar-refractivity contribution is 0.0724. The second kappa shape index (κ2) is 7.85. The van der Waals surface area contributed by atoms with E-state index >= 15 is 0 Å². The quantitative estimate of drug-likeness (QED) is 0.698. The Morgan fingerprint density at radius 2 is 2.03 bits per heavy atom. The van der Waals surface area contributed by atoms with Gasteiger partial charge in [0.05, 0.1) is 32.4 Å². The number of aliphatic hydroxyl groups is 1. The molecule has 3 aromatic rings. The highest BCUT2D eigenvalue weighted by molar-refractivity contribution is 6.31. The Morgan fingerprint density at radius 1 is 1.24 bits per heavy atom. The number of rotatable bonds is 4. The van der Waals surface area contributed by atoms with Crippen LogP contribution < -0.4 is 4.90 Å². The van der Waals surface area contributed by atoms with Crippen molar-refractivity contribution in [3.05, 3.63) is 40.7 Å². The summed E-state index contributed by atoms with van der Waals surface area (Å²) < 4.78 is 7.29. The van der Waals surface area contributed by atoms with Gasteiger partial charge in [0.2, 0.25) is 0 Å². The maximum atomic E-state index is 9.83. The van der Waals surface area contributed by atoms with Crippen molar-refractivity contribution in [1.29, 1.82) is 0 Å². The molecule has 0 aliphatic carbocycles. The van der Waals surface area contributed by atoms with E-state index in [1.165, 1.54) is 0 Å². The number of ether oxygens (including phenoxy) is 1. The van der Waals surface area contributed by atoms with Crippen LogP contribution in [0.15, 0.2) is 24.3 Å². The van der Waals surface area contributed by atoms with Crippen LogP contribution in [0.4, 0.5) is 5.82 Å². The Morgan fingerprint density at radius 3 is 2.76 bits per heavy atom. The molecule has 154 valence electrons. The third kappa shape index (κ3) is 3.92. The SMILES string of the molecule is CC(C)(C)c1nc(N2CCOCC2CO)c2nnn(Cc3ccccc3Cl)c2n1. The summed E-state index contributed by atoms with van der Waals surface area (Å²) in [5.74, 6) is 1.39.